The minimum absolute atomic E-state index is 0.00961. The third-order valence-electron chi connectivity index (χ3n) is 5.55. The quantitative estimate of drug-likeness (QED) is 0.265. The summed E-state index contributed by atoms with van der Waals surface area (Å²) in [4.78, 5) is 20.4. The van der Waals surface area contributed by atoms with E-state index < -0.39 is 0 Å². The molecule has 0 N–H and O–H groups in total. The van der Waals surface area contributed by atoms with Crippen molar-refractivity contribution >= 4 is 56.1 Å². The fraction of sp³-hybridized carbons (Fsp3) is 0.111. The van der Waals surface area contributed by atoms with E-state index in [1.165, 1.54) is 28.1 Å². The smallest absolute Gasteiger partial charge is 0.266 e. The molecule has 0 bridgehead atoms. The van der Waals surface area contributed by atoms with Crippen molar-refractivity contribution in [3.8, 4) is 0 Å². The van der Waals surface area contributed by atoms with Gasteiger partial charge in [-0.3, -0.25) is 9.69 Å². The Labute approximate surface area is 186 Å². The normalized spacial score (nSPS) is 16.8. The molecule has 0 atom stereocenters. The summed E-state index contributed by atoms with van der Waals surface area (Å²) < 4.78 is 0. The molecule has 31 heavy (non-hydrogen) atoms. The maximum absolute atomic E-state index is 13.2. The van der Waals surface area contributed by atoms with Gasteiger partial charge in [0.2, 0.25) is 0 Å². The second-order valence-electron chi connectivity index (χ2n) is 7.62. The van der Waals surface area contributed by atoms with Gasteiger partial charge in [-0.25, -0.2) is 4.99 Å². The van der Waals surface area contributed by atoms with Crippen LogP contribution in [-0.4, -0.2) is 22.5 Å². The third kappa shape index (κ3) is 3.64. The van der Waals surface area contributed by atoms with E-state index in [0.717, 1.165) is 27.2 Å². The Hall–Kier alpha value is -3.37. The fourth-order valence-electron chi connectivity index (χ4n) is 3.94. The van der Waals surface area contributed by atoms with Crippen LogP contribution in [0.5, 0.6) is 0 Å². The lowest BCUT2D eigenvalue weighted by molar-refractivity contribution is -0.122. The van der Waals surface area contributed by atoms with Crippen LogP contribution in [0.3, 0.4) is 0 Å². The first-order valence-electron chi connectivity index (χ1n) is 10.4. The number of hydrogen-bond donors (Lipinski definition) is 0. The molecule has 1 aliphatic heterocycles. The number of rotatable bonds is 3. The van der Waals surface area contributed by atoms with Gasteiger partial charge in [0, 0.05) is 6.54 Å². The van der Waals surface area contributed by atoms with Gasteiger partial charge in [0.15, 0.2) is 5.17 Å². The van der Waals surface area contributed by atoms with Crippen LogP contribution in [-0.2, 0) is 4.79 Å². The summed E-state index contributed by atoms with van der Waals surface area (Å²) in [6.45, 7) is 4.63. The Morgan fingerprint density at radius 1 is 0.903 bits per heavy atom. The Morgan fingerprint density at radius 2 is 1.52 bits per heavy atom. The molecule has 0 unspecified atom stereocenters. The number of amidine groups is 1. The highest BCUT2D eigenvalue weighted by molar-refractivity contribution is 8.18. The maximum Gasteiger partial charge on any atom is 0.266 e. The zero-order valence-corrected chi connectivity index (χ0v) is 18.3. The molecule has 0 saturated carbocycles. The number of carbonyl (C=O) groups excluding carboxylic acids is 1. The van der Waals surface area contributed by atoms with Crippen molar-refractivity contribution in [3.63, 3.8) is 0 Å². The van der Waals surface area contributed by atoms with E-state index in [1.807, 2.05) is 49.4 Å². The van der Waals surface area contributed by atoms with Crippen LogP contribution >= 0.6 is 11.8 Å². The Bertz CT molecular complexity index is 1320. The highest BCUT2D eigenvalue weighted by Gasteiger charge is 2.32. The molecule has 1 saturated heterocycles. The fourth-order valence-corrected chi connectivity index (χ4v) is 4.98. The number of benzene rings is 4. The number of nitrogens with zero attached hydrogens (tertiary/aromatic N) is 2. The van der Waals surface area contributed by atoms with Crippen LogP contribution in [0.1, 0.15) is 18.1 Å². The van der Waals surface area contributed by atoms with Crippen molar-refractivity contribution in [2.24, 2.45) is 4.99 Å². The topological polar surface area (TPSA) is 32.7 Å². The maximum atomic E-state index is 13.2. The van der Waals surface area contributed by atoms with Crippen LogP contribution < -0.4 is 0 Å². The molecular formula is C27H22N2OS. The average molecular weight is 423 g/mol. The van der Waals surface area contributed by atoms with Gasteiger partial charge in [0.1, 0.15) is 0 Å². The minimum atomic E-state index is 0.00961. The van der Waals surface area contributed by atoms with Crippen LogP contribution in [0.2, 0.25) is 0 Å². The molecule has 1 fully saturated rings. The van der Waals surface area contributed by atoms with E-state index in [1.54, 1.807) is 4.90 Å². The van der Waals surface area contributed by atoms with Crippen molar-refractivity contribution in [1.82, 2.24) is 4.90 Å². The van der Waals surface area contributed by atoms with E-state index in [-0.39, 0.29) is 5.91 Å². The first-order chi connectivity index (χ1) is 15.1. The molecule has 4 aromatic carbocycles. The van der Waals surface area contributed by atoms with Gasteiger partial charge in [0.25, 0.3) is 5.91 Å². The standard InChI is InChI=1S/C27H22N2OS/c1-3-29-26(30)25(31-27(29)28-21-14-12-18(2)13-15-21)17-24-22-10-6-4-8-19(22)16-20-9-5-7-11-23(20)24/h4-17H,3H2,1-2H3/b25-17+,28-27?. The Balaban J connectivity index is 1.64. The van der Waals surface area contributed by atoms with Crippen molar-refractivity contribution in [2.45, 2.75) is 13.8 Å². The van der Waals surface area contributed by atoms with Crippen molar-refractivity contribution in [2.75, 3.05) is 6.54 Å². The lowest BCUT2D eigenvalue weighted by atomic mass is 9.96. The molecule has 1 amide bonds. The Kier molecular flexibility index (Phi) is 5.08. The van der Waals surface area contributed by atoms with Gasteiger partial charge < -0.3 is 0 Å². The summed E-state index contributed by atoms with van der Waals surface area (Å²) >= 11 is 1.45. The summed E-state index contributed by atoms with van der Waals surface area (Å²) in [6, 6.07) is 26.9. The van der Waals surface area contributed by atoms with Gasteiger partial charge in [-0.1, -0.05) is 66.2 Å². The summed E-state index contributed by atoms with van der Waals surface area (Å²) in [5, 5.41) is 5.36. The molecule has 4 heteroatoms. The van der Waals surface area contributed by atoms with E-state index >= 15 is 0 Å². The van der Waals surface area contributed by atoms with Gasteiger partial charge in [-0.2, -0.15) is 0 Å². The van der Waals surface area contributed by atoms with Gasteiger partial charge in [0.05, 0.1) is 10.6 Å². The summed E-state index contributed by atoms with van der Waals surface area (Å²) in [5.74, 6) is 0.00961. The second kappa shape index (κ2) is 8.05. The average Bonchev–Trinajstić information content (AvgIpc) is 3.09. The highest BCUT2D eigenvalue weighted by atomic mass is 32.2. The van der Waals surface area contributed by atoms with Crippen LogP contribution in [0, 0.1) is 6.92 Å². The lowest BCUT2D eigenvalue weighted by Gasteiger charge is -2.12. The number of hydrogen-bond acceptors (Lipinski definition) is 3. The van der Waals surface area contributed by atoms with Gasteiger partial charge >= 0.3 is 0 Å². The molecule has 1 heterocycles. The van der Waals surface area contributed by atoms with E-state index in [9.17, 15) is 4.79 Å². The van der Waals surface area contributed by atoms with E-state index in [0.29, 0.717) is 11.4 Å². The second-order valence-corrected chi connectivity index (χ2v) is 8.63. The van der Waals surface area contributed by atoms with Gasteiger partial charge in [-0.15, -0.1) is 0 Å². The Morgan fingerprint density at radius 3 is 2.13 bits per heavy atom. The lowest BCUT2D eigenvalue weighted by Crippen LogP contribution is -2.28. The SMILES string of the molecule is CCN1C(=O)/C(=C\c2c3ccccc3cc3ccccc23)SC1=Nc1ccc(C)cc1. The van der Waals surface area contributed by atoms with Crippen LogP contribution in [0.25, 0.3) is 27.6 Å². The molecule has 0 radical (unpaired) electrons. The first kappa shape index (κ1) is 19.6. The molecule has 4 aromatic rings. The zero-order chi connectivity index (χ0) is 21.4. The number of aliphatic imine (C=N–C) groups is 1. The van der Waals surface area contributed by atoms with Crippen molar-refractivity contribution in [1.29, 1.82) is 0 Å². The van der Waals surface area contributed by atoms with Crippen molar-refractivity contribution < 1.29 is 4.79 Å². The monoisotopic (exact) mass is 422 g/mol. The summed E-state index contributed by atoms with van der Waals surface area (Å²) in [5.41, 5.74) is 3.13. The summed E-state index contributed by atoms with van der Waals surface area (Å²) in [6.07, 6.45) is 2.04. The predicted octanol–water partition coefficient (Wildman–Crippen LogP) is 6.93. The third-order valence-corrected chi connectivity index (χ3v) is 6.56. The van der Waals surface area contributed by atoms with E-state index in [2.05, 4.69) is 49.4 Å². The van der Waals surface area contributed by atoms with E-state index in [4.69, 9.17) is 4.99 Å². The predicted molar refractivity (Wildman–Crippen MR) is 133 cm³/mol. The number of thioether (sulfide) groups is 1. The van der Waals surface area contributed by atoms with Crippen molar-refractivity contribution in [3.05, 3.63) is 94.9 Å². The molecule has 0 aliphatic carbocycles. The largest absolute Gasteiger partial charge is 0.287 e. The number of likely N-dealkylation sites (N-methyl/N-ethyl adjacent to an activating group) is 1. The van der Waals surface area contributed by atoms with Crippen LogP contribution in [0.15, 0.2) is 88.8 Å². The highest BCUT2D eigenvalue weighted by Crippen LogP contribution is 2.37. The number of aryl methyl sites for hydroxylation is 1. The number of carbonyl (C=O) groups is 1. The van der Waals surface area contributed by atoms with Gasteiger partial charge in [-0.05, 0) is 77.0 Å². The van der Waals surface area contributed by atoms with Crippen LogP contribution in [0.4, 0.5) is 5.69 Å². The minimum Gasteiger partial charge on any atom is -0.287 e. The molecule has 152 valence electrons. The number of amides is 1. The summed E-state index contributed by atoms with van der Waals surface area (Å²) in [7, 11) is 0. The molecular weight excluding hydrogens is 400 g/mol. The number of fused-ring (bicyclic) bond motifs is 2. The molecule has 0 spiro atoms. The molecule has 3 nitrogen and oxygen atoms in total. The first-order valence-corrected chi connectivity index (χ1v) is 11.2. The zero-order valence-electron chi connectivity index (χ0n) is 17.5. The molecule has 1 aliphatic rings. The molecule has 5 rings (SSSR count). The molecule has 0 aromatic heterocycles.